The molecule has 27 heavy (non-hydrogen) atoms. The fourth-order valence-corrected chi connectivity index (χ4v) is 4.11. The van der Waals surface area contributed by atoms with Gasteiger partial charge in [0.1, 0.15) is 5.82 Å². The quantitative estimate of drug-likeness (QED) is 0.852. The van der Waals surface area contributed by atoms with Crippen LogP contribution in [0.25, 0.3) is 0 Å². The Hall–Kier alpha value is -2.25. The number of hydrogen-bond acceptors (Lipinski definition) is 3. The van der Waals surface area contributed by atoms with E-state index in [1.807, 2.05) is 4.90 Å². The van der Waals surface area contributed by atoms with Crippen molar-refractivity contribution in [2.24, 2.45) is 0 Å². The topological polar surface area (TPSA) is 66.5 Å². The van der Waals surface area contributed by atoms with Crippen LogP contribution < -0.4 is 4.72 Å². The number of benzene rings is 2. The lowest BCUT2D eigenvalue weighted by Crippen LogP contribution is -2.31. The summed E-state index contributed by atoms with van der Waals surface area (Å²) in [4.78, 5) is 14.5. The Morgan fingerprint density at radius 2 is 1.52 bits per heavy atom. The van der Waals surface area contributed by atoms with Gasteiger partial charge in [0.25, 0.3) is 5.91 Å². The van der Waals surface area contributed by atoms with Gasteiger partial charge < -0.3 is 4.90 Å². The minimum absolute atomic E-state index is 0.0110. The molecular weight excluding hydrogens is 367 g/mol. The zero-order valence-corrected chi connectivity index (χ0v) is 15.8. The normalized spacial score (nSPS) is 15.4. The van der Waals surface area contributed by atoms with Crippen molar-refractivity contribution in [1.29, 1.82) is 0 Å². The van der Waals surface area contributed by atoms with E-state index in [0.717, 1.165) is 56.5 Å². The molecule has 144 valence electrons. The molecule has 0 aliphatic carbocycles. The third-order valence-corrected chi connectivity index (χ3v) is 6.10. The predicted molar refractivity (Wildman–Crippen MR) is 101 cm³/mol. The van der Waals surface area contributed by atoms with E-state index in [-0.39, 0.29) is 17.3 Å². The molecule has 2 aromatic carbocycles. The number of sulfonamides is 1. The molecule has 2 aromatic rings. The summed E-state index contributed by atoms with van der Waals surface area (Å²) in [6, 6.07) is 11.6. The van der Waals surface area contributed by atoms with E-state index in [1.165, 1.54) is 12.1 Å². The van der Waals surface area contributed by atoms with Crippen LogP contribution in [0.2, 0.25) is 0 Å². The summed E-state index contributed by atoms with van der Waals surface area (Å²) >= 11 is 0. The molecule has 0 saturated carbocycles. The van der Waals surface area contributed by atoms with Gasteiger partial charge in [-0.1, -0.05) is 25.0 Å². The Balaban J connectivity index is 1.62. The van der Waals surface area contributed by atoms with Crippen molar-refractivity contribution < 1.29 is 17.6 Å². The molecule has 1 N–H and O–H groups in total. The van der Waals surface area contributed by atoms with Gasteiger partial charge in [-0.05, 0) is 54.8 Å². The molecule has 1 fully saturated rings. The Morgan fingerprint density at radius 3 is 2.11 bits per heavy atom. The van der Waals surface area contributed by atoms with Crippen LogP contribution in [-0.2, 0) is 16.6 Å². The highest BCUT2D eigenvalue weighted by molar-refractivity contribution is 7.89. The first-order chi connectivity index (χ1) is 13.0. The Morgan fingerprint density at radius 1 is 0.926 bits per heavy atom. The van der Waals surface area contributed by atoms with Gasteiger partial charge in [0.15, 0.2) is 0 Å². The fraction of sp³-hybridized carbons (Fsp3) is 0.350. The molecule has 1 heterocycles. The summed E-state index contributed by atoms with van der Waals surface area (Å²) in [6.45, 7) is 1.67. The maximum atomic E-state index is 12.9. The minimum Gasteiger partial charge on any atom is -0.339 e. The van der Waals surface area contributed by atoms with Gasteiger partial charge in [-0.25, -0.2) is 17.5 Å². The number of halogens is 1. The van der Waals surface area contributed by atoms with Gasteiger partial charge >= 0.3 is 0 Å². The molecule has 0 spiro atoms. The van der Waals surface area contributed by atoms with Crippen LogP contribution in [0.1, 0.15) is 41.6 Å². The molecule has 5 nitrogen and oxygen atoms in total. The van der Waals surface area contributed by atoms with E-state index in [0.29, 0.717) is 5.56 Å². The van der Waals surface area contributed by atoms with Crippen LogP contribution in [-0.4, -0.2) is 32.3 Å². The van der Waals surface area contributed by atoms with Crippen LogP contribution in [0.5, 0.6) is 0 Å². The first-order valence-corrected chi connectivity index (χ1v) is 10.6. The second kappa shape index (κ2) is 8.63. The highest BCUT2D eigenvalue weighted by atomic mass is 32.2. The fourth-order valence-electron chi connectivity index (χ4n) is 3.10. The van der Waals surface area contributed by atoms with Crippen molar-refractivity contribution in [2.45, 2.75) is 37.1 Å². The van der Waals surface area contributed by atoms with E-state index in [9.17, 15) is 17.6 Å². The molecule has 0 aromatic heterocycles. The number of nitrogens with one attached hydrogen (secondary N) is 1. The molecule has 1 saturated heterocycles. The van der Waals surface area contributed by atoms with Crippen molar-refractivity contribution in [3.05, 3.63) is 65.5 Å². The van der Waals surface area contributed by atoms with Gasteiger partial charge in [-0.15, -0.1) is 0 Å². The summed E-state index contributed by atoms with van der Waals surface area (Å²) in [6.07, 6.45) is 4.40. The zero-order chi connectivity index (χ0) is 19.3. The second-order valence-corrected chi connectivity index (χ2v) is 8.45. The molecular formula is C20H23FN2O3S. The number of nitrogens with zero attached hydrogens (tertiary/aromatic N) is 1. The Bertz CT molecular complexity index is 872. The molecule has 0 bridgehead atoms. The van der Waals surface area contributed by atoms with E-state index in [1.54, 1.807) is 24.3 Å². The third kappa shape index (κ3) is 5.14. The maximum Gasteiger partial charge on any atom is 0.253 e. The van der Waals surface area contributed by atoms with Crippen molar-refractivity contribution in [2.75, 3.05) is 13.1 Å². The molecule has 0 radical (unpaired) electrons. The van der Waals surface area contributed by atoms with Crippen molar-refractivity contribution in [3.8, 4) is 0 Å². The van der Waals surface area contributed by atoms with Crippen LogP contribution in [0.15, 0.2) is 53.4 Å². The second-order valence-electron chi connectivity index (χ2n) is 6.68. The molecule has 1 aliphatic heterocycles. The number of hydrogen-bond donors (Lipinski definition) is 1. The zero-order valence-electron chi connectivity index (χ0n) is 15.0. The monoisotopic (exact) mass is 390 g/mol. The van der Waals surface area contributed by atoms with Crippen molar-refractivity contribution in [1.82, 2.24) is 9.62 Å². The Kier molecular flexibility index (Phi) is 6.23. The lowest BCUT2D eigenvalue weighted by atomic mass is 10.1. The summed E-state index contributed by atoms with van der Waals surface area (Å²) in [5.74, 6) is -0.464. The largest absolute Gasteiger partial charge is 0.339 e. The van der Waals surface area contributed by atoms with Gasteiger partial charge in [-0.3, -0.25) is 4.79 Å². The summed E-state index contributed by atoms with van der Waals surface area (Å²) in [5.41, 5.74) is 1.36. The maximum absolute atomic E-state index is 12.9. The molecule has 0 atom stereocenters. The van der Waals surface area contributed by atoms with Crippen molar-refractivity contribution in [3.63, 3.8) is 0 Å². The average molecular weight is 390 g/mol. The average Bonchev–Trinajstić information content (AvgIpc) is 2.96. The lowest BCUT2D eigenvalue weighted by molar-refractivity contribution is 0.0761. The summed E-state index contributed by atoms with van der Waals surface area (Å²) in [5, 5.41) is 0. The number of amides is 1. The first kappa shape index (κ1) is 19.5. The van der Waals surface area contributed by atoms with Crippen LogP contribution in [0, 0.1) is 5.82 Å². The molecule has 7 heteroatoms. The lowest BCUT2D eigenvalue weighted by Gasteiger charge is -2.20. The van der Waals surface area contributed by atoms with Crippen molar-refractivity contribution >= 4 is 15.9 Å². The number of carbonyl (C=O) groups excluding carboxylic acids is 1. The Labute approximate surface area is 159 Å². The highest BCUT2D eigenvalue weighted by Gasteiger charge is 2.17. The molecule has 3 rings (SSSR count). The smallest absolute Gasteiger partial charge is 0.253 e. The summed E-state index contributed by atoms with van der Waals surface area (Å²) < 4.78 is 39.9. The first-order valence-electron chi connectivity index (χ1n) is 9.09. The SMILES string of the molecule is O=C(c1ccc(CNS(=O)(=O)c2ccc(F)cc2)cc1)N1CCCCCC1. The highest BCUT2D eigenvalue weighted by Crippen LogP contribution is 2.15. The third-order valence-electron chi connectivity index (χ3n) is 4.68. The van der Waals surface area contributed by atoms with Crippen LogP contribution in [0.3, 0.4) is 0 Å². The van der Waals surface area contributed by atoms with E-state index in [4.69, 9.17) is 0 Å². The summed E-state index contributed by atoms with van der Waals surface area (Å²) in [7, 11) is -3.71. The van der Waals surface area contributed by atoms with Gasteiger partial charge in [0, 0.05) is 25.2 Å². The van der Waals surface area contributed by atoms with E-state index >= 15 is 0 Å². The standard InChI is InChI=1S/C20H23FN2O3S/c21-18-9-11-19(12-10-18)27(25,26)22-15-16-5-7-17(8-6-16)20(24)23-13-3-1-2-4-14-23/h5-12,22H,1-4,13-15H2. The number of carbonyl (C=O) groups is 1. The molecule has 0 unspecified atom stereocenters. The molecule has 1 aliphatic rings. The van der Waals surface area contributed by atoms with E-state index < -0.39 is 15.8 Å². The van der Waals surface area contributed by atoms with Gasteiger partial charge in [-0.2, -0.15) is 0 Å². The van der Waals surface area contributed by atoms with Crippen LogP contribution >= 0.6 is 0 Å². The molecule has 1 amide bonds. The minimum atomic E-state index is -3.71. The van der Waals surface area contributed by atoms with E-state index in [2.05, 4.69) is 4.72 Å². The number of rotatable bonds is 5. The van der Waals surface area contributed by atoms with Crippen LogP contribution in [0.4, 0.5) is 4.39 Å². The predicted octanol–water partition coefficient (Wildman–Crippen LogP) is 3.32. The van der Waals surface area contributed by atoms with Gasteiger partial charge in [0.05, 0.1) is 4.90 Å². The number of likely N-dealkylation sites (tertiary alicyclic amines) is 1. The van der Waals surface area contributed by atoms with Gasteiger partial charge in [0.2, 0.25) is 10.0 Å².